The van der Waals surface area contributed by atoms with E-state index in [9.17, 15) is 23.5 Å². The lowest BCUT2D eigenvalue weighted by atomic mass is 9.84. The highest BCUT2D eigenvalue weighted by Gasteiger charge is 2.38. The van der Waals surface area contributed by atoms with Crippen molar-refractivity contribution in [2.45, 2.75) is 37.6 Å². The molecular formula is C29H31F2N3O3. The summed E-state index contributed by atoms with van der Waals surface area (Å²) >= 11 is 0. The zero-order chi connectivity index (χ0) is 25.9. The lowest BCUT2D eigenvalue weighted by Gasteiger charge is -2.41. The zero-order valence-electron chi connectivity index (χ0n) is 20.6. The van der Waals surface area contributed by atoms with Gasteiger partial charge in [-0.05, 0) is 86.0 Å². The van der Waals surface area contributed by atoms with Crippen molar-refractivity contribution in [1.82, 2.24) is 14.8 Å². The van der Waals surface area contributed by atoms with Crippen molar-refractivity contribution in [2.75, 3.05) is 26.2 Å². The minimum atomic E-state index is -0.802. The lowest BCUT2D eigenvalue weighted by Crippen LogP contribution is -2.52. The summed E-state index contributed by atoms with van der Waals surface area (Å²) in [7, 11) is 0. The Hall–Kier alpha value is -3.52. The third-order valence-electron chi connectivity index (χ3n) is 7.84. The summed E-state index contributed by atoms with van der Waals surface area (Å²) in [5.41, 5.74) is 2.72. The largest absolute Gasteiger partial charge is 0.480 e. The van der Waals surface area contributed by atoms with Crippen LogP contribution in [0, 0.1) is 17.6 Å². The number of benzene rings is 2. The van der Waals surface area contributed by atoms with Crippen LogP contribution in [0.25, 0.3) is 17.0 Å². The van der Waals surface area contributed by atoms with Gasteiger partial charge in [0, 0.05) is 42.3 Å². The maximum Gasteiger partial charge on any atom is 0.321 e. The number of nitrogens with zero attached hydrogens (tertiary/aromatic N) is 2. The van der Waals surface area contributed by atoms with Gasteiger partial charge in [-0.3, -0.25) is 14.5 Å². The van der Waals surface area contributed by atoms with Crippen LogP contribution in [0.15, 0.2) is 54.7 Å². The number of carbonyl (C=O) groups is 2. The van der Waals surface area contributed by atoms with Crippen molar-refractivity contribution in [2.24, 2.45) is 5.92 Å². The third kappa shape index (κ3) is 5.59. The molecule has 8 heteroatoms. The molecule has 0 spiro atoms. The second-order valence-electron chi connectivity index (χ2n) is 10.1. The van der Waals surface area contributed by atoms with Gasteiger partial charge >= 0.3 is 5.97 Å². The Morgan fingerprint density at radius 3 is 2.32 bits per heavy atom. The molecule has 1 amide bonds. The van der Waals surface area contributed by atoms with Crippen LogP contribution in [0.5, 0.6) is 0 Å². The Kier molecular flexibility index (Phi) is 7.37. The maximum absolute atomic E-state index is 13.4. The highest BCUT2D eigenvalue weighted by molar-refractivity contribution is 5.91. The molecule has 0 aliphatic carbocycles. The van der Waals surface area contributed by atoms with E-state index in [1.54, 1.807) is 4.90 Å². The average molecular weight is 508 g/mol. The molecule has 194 valence electrons. The fourth-order valence-corrected chi connectivity index (χ4v) is 5.96. The Morgan fingerprint density at radius 2 is 1.65 bits per heavy atom. The van der Waals surface area contributed by atoms with Gasteiger partial charge in [0.2, 0.25) is 5.91 Å². The molecule has 2 aromatic carbocycles. The number of likely N-dealkylation sites (tertiary alicyclic amines) is 2. The number of para-hydroxylation sites is 1. The van der Waals surface area contributed by atoms with E-state index in [4.69, 9.17) is 0 Å². The number of aliphatic carboxylic acids is 1. The van der Waals surface area contributed by atoms with E-state index in [0.717, 1.165) is 49.6 Å². The number of rotatable bonds is 6. The van der Waals surface area contributed by atoms with E-state index >= 15 is 0 Å². The first-order valence-electron chi connectivity index (χ1n) is 12.8. The van der Waals surface area contributed by atoms with Crippen molar-refractivity contribution in [1.29, 1.82) is 0 Å². The first kappa shape index (κ1) is 25.1. The number of hydrogen-bond donors (Lipinski definition) is 2. The molecule has 2 aliphatic heterocycles. The van der Waals surface area contributed by atoms with Crippen LogP contribution in [0.4, 0.5) is 8.78 Å². The minimum absolute atomic E-state index is 0.0347. The van der Waals surface area contributed by atoms with Crippen molar-refractivity contribution in [3.8, 4) is 0 Å². The Bertz CT molecular complexity index is 1280. The molecule has 37 heavy (non-hydrogen) atoms. The smallest absolute Gasteiger partial charge is 0.321 e. The molecule has 2 N–H and O–H groups in total. The number of aromatic nitrogens is 1. The van der Waals surface area contributed by atoms with Crippen molar-refractivity contribution in [3.63, 3.8) is 0 Å². The summed E-state index contributed by atoms with van der Waals surface area (Å²) in [6, 6.07) is 10.8. The molecule has 1 unspecified atom stereocenters. The van der Waals surface area contributed by atoms with Gasteiger partial charge in [-0.15, -0.1) is 0 Å². The van der Waals surface area contributed by atoms with Gasteiger partial charge in [0.25, 0.3) is 0 Å². The number of carbonyl (C=O) groups excluding carboxylic acids is 1. The summed E-state index contributed by atoms with van der Waals surface area (Å²) in [4.78, 5) is 32.1. The first-order chi connectivity index (χ1) is 17.9. The highest BCUT2D eigenvalue weighted by Crippen LogP contribution is 2.35. The average Bonchev–Trinajstić information content (AvgIpc) is 3.32. The van der Waals surface area contributed by atoms with Crippen LogP contribution < -0.4 is 0 Å². The fourth-order valence-electron chi connectivity index (χ4n) is 5.96. The molecule has 1 atom stereocenters. The molecule has 0 bridgehead atoms. The minimum Gasteiger partial charge on any atom is -0.480 e. The van der Waals surface area contributed by atoms with E-state index in [-0.39, 0.29) is 17.4 Å². The van der Waals surface area contributed by atoms with Gasteiger partial charge in [0.05, 0.1) is 0 Å². The summed E-state index contributed by atoms with van der Waals surface area (Å²) in [6.07, 6.45) is 7.84. The standard InChI is InChI=1S/C29H31F2N3O3/c30-22-15-19(16-23(31)17-22)5-6-27(35)33-11-9-21(10-12-33)28(29(36)37)34-13-7-20(8-14-34)25-18-32-26-4-2-1-3-24(25)26/h1-6,15-18,20-21,28,32H,7-14H2,(H,36,37). The topological polar surface area (TPSA) is 76.6 Å². The molecule has 3 aromatic rings. The summed E-state index contributed by atoms with van der Waals surface area (Å²) in [5.74, 6) is -2.07. The predicted octanol–water partition coefficient (Wildman–Crippen LogP) is 5.03. The SMILES string of the molecule is O=C(O)C(C1CCN(C(=O)C=Cc2cc(F)cc(F)c2)CC1)N1CCC(c2c[nH]c3ccccc23)CC1. The normalized spacial score (nSPS) is 19.0. The quantitative estimate of drug-likeness (QED) is 0.459. The Balaban J connectivity index is 1.17. The number of H-pyrrole nitrogens is 1. The molecule has 0 radical (unpaired) electrons. The summed E-state index contributed by atoms with van der Waals surface area (Å²) < 4.78 is 26.8. The number of carboxylic acid groups (broad SMARTS) is 1. The van der Waals surface area contributed by atoms with Crippen LogP contribution in [0.1, 0.15) is 42.7 Å². The fraction of sp³-hybridized carbons (Fsp3) is 0.379. The van der Waals surface area contributed by atoms with Crippen molar-refractivity contribution >= 4 is 28.9 Å². The van der Waals surface area contributed by atoms with E-state index in [0.29, 0.717) is 31.8 Å². The van der Waals surface area contributed by atoms with Gasteiger partial charge < -0.3 is 15.0 Å². The van der Waals surface area contributed by atoms with E-state index in [1.807, 2.05) is 12.1 Å². The van der Waals surface area contributed by atoms with Crippen molar-refractivity contribution < 1.29 is 23.5 Å². The molecule has 0 saturated carbocycles. The Morgan fingerprint density at radius 1 is 0.973 bits per heavy atom. The third-order valence-corrected chi connectivity index (χ3v) is 7.84. The number of halogens is 2. The monoisotopic (exact) mass is 507 g/mol. The number of fused-ring (bicyclic) bond motifs is 1. The van der Waals surface area contributed by atoms with Crippen LogP contribution >= 0.6 is 0 Å². The second kappa shape index (κ2) is 10.8. The van der Waals surface area contributed by atoms with Crippen LogP contribution in [0.3, 0.4) is 0 Å². The second-order valence-corrected chi connectivity index (χ2v) is 10.1. The van der Waals surface area contributed by atoms with E-state index in [1.165, 1.54) is 23.1 Å². The van der Waals surface area contributed by atoms with Gasteiger partial charge in [0.1, 0.15) is 17.7 Å². The van der Waals surface area contributed by atoms with Crippen molar-refractivity contribution in [3.05, 3.63) is 77.5 Å². The molecule has 2 aliphatic rings. The zero-order valence-corrected chi connectivity index (χ0v) is 20.6. The highest BCUT2D eigenvalue weighted by atomic mass is 19.1. The van der Waals surface area contributed by atoms with Gasteiger partial charge in [-0.25, -0.2) is 8.78 Å². The maximum atomic E-state index is 13.4. The van der Waals surface area contributed by atoms with Crippen LogP contribution in [0.2, 0.25) is 0 Å². The number of amides is 1. The van der Waals surface area contributed by atoms with Gasteiger partial charge in [-0.2, -0.15) is 0 Å². The number of piperidine rings is 2. The lowest BCUT2D eigenvalue weighted by molar-refractivity contribution is -0.147. The molecule has 3 heterocycles. The number of hydrogen-bond acceptors (Lipinski definition) is 3. The molecule has 5 rings (SSSR count). The van der Waals surface area contributed by atoms with Gasteiger partial charge in [-0.1, -0.05) is 18.2 Å². The molecule has 2 fully saturated rings. The molecule has 2 saturated heterocycles. The van der Waals surface area contributed by atoms with E-state index in [2.05, 4.69) is 28.2 Å². The number of aromatic amines is 1. The summed E-state index contributed by atoms with van der Waals surface area (Å²) in [5, 5.41) is 11.3. The predicted molar refractivity (Wildman–Crippen MR) is 138 cm³/mol. The van der Waals surface area contributed by atoms with Crippen LogP contribution in [-0.4, -0.2) is 64.0 Å². The number of nitrogens with one attached hydrogen (secondary N) is 1. The Labute approximate surface area is 214 Å². The van der Waals surface area contributed by atoms with Crippen LogP contribution in [-0.2, 0) is 9.59 Å². The van der Waals surface area contributed by atoms with Gasteiger partial charge in [0.15, 0.2) is 0 Å². The summed E-state index contributed by atoms with van der Waals surface area (Å²) in [6.45, 7) is 2.38. The molecular weight excluding hydrogens is 476 g/mol. The first-order valence-corrected chi connectivity index (χ1v) is 12.8. The number of carboxylic acids is 1. The van der Waals surface area contributed by atoms with E-state index < -0.39 is 23.6 Å². The molecule has 1 aromatic heterocycles. The molecule has 6 nitrogen and oxygen atoms in total.